The highest BCUT2D eigenvalue weighted by Crippen LogP contribution is 2.25. The van der Waals surface area contributed by atoms with Crippen LogP contribution in [-0.4, -0.2) is 34.9 Å². The molecule has 5 nitrogen and oxygen atoms in total. The van der Waals surface area contributed by atoms with E-state index in [0.717, 1.165) is 25.3 Å². The van der Waals surface area contributed by atoms with Crippen LogP contribution in [0.4, 0.5) is 5.82 Å². The van der Waals surface area contributed by atoms with Gasteiger partial charge in [-0.15, -0.1) is 0 Å². The van der Waals surface area contributed by atoms with Gasteiger partial charge >= 0.3 is 0 Å². The fourth-order valence-corrected chi connectivity index (χ4v) is 2.94. The summed E-state index contributed by atoms with van der Waals surface area (Å²) in [4.78, 5) is 17.9. The maximum Gasteiger partial charge on any atom is 0.231 e. The molecule has 3 N–H and O–H groups in total. The van der Waals surface area contributed by atoms with Crippen LogP contribution in [0.5, 0.6) is 0 Å². The van der Waals surface area contributed by atoms with Gasteiger partial charge in [-0.2, -0.15) is 0 Å². The number of hydrogen-bond donors (Lipinski definition) is 2. The molecule has 1 aromatic heterocycles. The molecule has 116 valence electrons. The quantitative estimate of drug-likeness (QED) is 0.769. The third-order valence-electron chi connectivity index (χ3n) is 3.97. The molecule has 2 rings (SSSR count). The summed E-state index contributed by atoms with van der Waals surface area (Å²) in [5, 5.41) is 3.30. The van der Waals surface area contributed by atoms with Gasteiger partial charge in [-0.25, -0.2) is 4.98 Å². The Morgan fingerprint density at radius 2 is 2.24 bits per heavy atom. The monoisotopic (exact) mass is 290 g/mol. The molecule has 1 fully saturated rings. The van der Waals surface area contributed by atoms with E-state index in [1.54, 1.807) is 0 Å². The summed E-state index contributed by atoms with van der Waals surface area (Å²) in [5.74, 6) is 0.653. The number of nitrogens with two attached hydrogens (primary N) is 1. The van der Waals surface area contributed by atoms with Gasteiger partial charge in [0.15, 0.2) is 0 Å². The molecule has 1 aromatic rings. The first-order chi connectivity index (χ1) is 10.2. The molecule has 1 aliphatic rings. The molecule has 0 unspecified atom stereocenters. The fraction of sp³-hybridized carbons (Fsp3) is 0.625. The van der Waals surface area contributed by atoms with Crippen molar-refractivity contribution >= 4 is 11.7 Å². The first-order valence-electron chi connectivity index (χ1n) is 7.90. The Morgan fingerprint density at radius 1 is 1.48 bits per heavy atom. The van der Waals surface area contributed by atoms with E-state index < -0.39 is 0 Å². The molecule has 1 heterocycles. The molecule has 1 aliphatic carbocycles. The zero-order valence-electron chi connectivity index (χ0n) is 12.8. The van der Waals surface area contributed by atoms with Gasteiger partial charge in [0.05, 0.1) is 6.54 Å². The Hall–Kier alpha value is -1.62. The zero-order valence-corrected chi connectivity index (χ0v) is 12.8. The number of nitrogens with zero attached hydrogens (tertiary/aromatic N) is 2. The summed E-state index contributed by atoms with van der Waals surface area (Å²) in [5.41, 5.74) is 6.58. The van der Waals surface area contributed by atoms with Gasteiger partial charge in [0.1, 0.15) is 5.82 Å². The molecule has 5 heteroatoms. The van der Waals surface area contributed by atoms with Gasteiger partial charge in [0.25, 0.3) is 0 Å². The molecular formula is C16H26N4O. The van der Waals surface area contributed by atoms with Gasteiger partial charge in [-0.05, 0) is 37.0 Å². The second-order valence-corrected chi connectivity index (χ2v) is 5.79. The highest BCUT2D eigenvalue weighted by atomic mass is 16.1. The summed E-state index contributed by atoms with van der Waals surface area (Å²) in [7, 11) is 0. The maximum atomic E-state index is 11.3. The molecular weight excluding hydrogens is 264 g/mol. The number of carbonyl (C=O) groups is 1. The van der Waals surface area contributed by atoms with Crippen LogP contribution in [0.1, 0.15) is 44.6 Å². The molecule has 21 heavy (non-hydrogen) atoms. The third kappa shape index (κ3) is 5.01. The van der Waals surface area contributed by atoms with Crippen molar-refractivity contribution < 1.29 is 4.79 Å². The van der Waals surface area contributed by atoms with Crippen LogP contribution in [0, 0.1) is 0 Å². The molecule has 0 bridgehead atoms. The normalized spacial score (nSPS) is 15.5. The van der Waals surface area contributed by atoms with E-state index in [1.165, 1.54) is 31.2 Å². The highest BCUT2D eigenvalue weighted by molar-refractivity contribution is 5.76. The molecule has 0 radical (unpaired) electrons. The number of nitrogens with one attached hydrogen (secondary N) is 1. The minimum Gasteiger partial charge on any atom is -0.370 e. The molecule has 1 amide bonds. The first-order valence-corrected chi connectivity index (χ1v) is 7.90. The van der Waals surface area contributed by atoms with E-state index in [9.17, 15) is 4.79 Å². The lowest BCUT2D eigenvalue weighted by Gasteiger charge is -2.27. The Labute approximate surface area is 126 Å². The smallest absolute Gasteiger partial charge is 0.231 e. The fourth-order valence-electron chi connectivity index (χ4n) is 2.94. The number of carbonyl (C=O) groups excluding carboxylic acids is 1. The van der Waals surface area contributed by atoms with Crippen molar-refractivity contribution in [2.24, 2.45) is 5.73 Å². The summed E-state index contributed by atoms with van der Waals surface area (Å²) < 4.78 is 0. The Bertz CT molecular complexity index is 457. The van der Waals surface area contributed by atoms with Crippen LogP contribution < -0.4 is 11.1 Å². The Morgan fingerprint density at radius 3 is 2.90 bits per heavy atom. The van der Waals surface area contributed by atoms with Crippen molar-refractivity contribution in [3.8, 4) is 0 Å². The summed E-state index contributed by atoms with van der Waals surface area (Å²) in [6, 6.07) is 4.57. The van der Waals surface area contributed by atoms with Gasteiger partial charge < -0.3 is 11.1 Å². The van der Waals surface area contributed by atoms with Crippen LogP contribution in [-0.2, 0) is 11.3 Å². The molecule has 1 saturated carbocycles. The predicted molar refractivity (Wildman–Crippen MR) is 84.9 cm³/mol. The molecule has 0 aliphatic heterocycles. The topological polar surface area (TPSA) is 71.2 Å². The van der Waals surface area contributed by atoms with Gasteiger partial charge in [0.2, 0.25) is 5.91 Å². The maximum absolute atomic E-state index is 11.3. The standard InChI is InChI=1S/C16H26N4O/c1-2-8-18-16-10-13(7-9-19-16)11-20(12-15(17)21)14-5-3-4-6-14/h7,9-10,14H,2-6,8,11-12H2,1H3,(H2,17,21)(H,18,19). The van der Waals surface area contributed by atoms with Gasteiger partial charge in [0, 0.05) is 25.3 Å². The Kier molecular flexibility index (Phi) is 5.99. The first kappa shape index (κ1) is 15.8. The second kappa shape index (κ2) is 7.98. The number of anilines is 1. The third-order valence-corrected chi connectivity index (χ3v) is 3.97. The van der Waals surface area contributed by atoms with Crippen molar-refractivity contribution in [2.75, 3.05) is 18.4 Å². The van der Waals surface area contributed by atoms with Crippen LogP contribution >= 0.6 is 0 Å². The van der Waals surface area contributed by atoms with Crippen molar-refractivity contribution in [1.29, 1.82) is 0 Å². The van der Waals surface area contributed by atoms with Crippen molar-refractivity contribution in [2.45, 2.75) is 51.6 Å². The number of amides is 1. The molecule has 0 atom stereocenters. The minimum absolute atomic E-state index is 0.250. The van der Waals surface area contributed by atoms with E-state index in [1.807, 2.05) is 12.3 Å². The average Bonchev–Trinajstić information content (AvgIpc) is 2.98. The number of hydrogen-bond acceptors (Lipinski definition) is 4. The summed E-state index contributed by atoms with van der Waals surface area (Å²) >= 11 is 0. The van der Waals surface area contributed by atoms with E-state index >= 15 is 0 Å². The SMILES string of the molecule is CCCNc1cc(CN(CC(N)=O)C2CCCC2)ccn1. The van der Waals surface area contributed by atoms with E-state index in [2.05, 4.69) is 28.2 Å². The predicted octanol–water partition coefficient (Wildman–Crippen LogP) is 2.13. The number of primary amides is 1. The largest absolute Gasteiger partial charge is 0.370 e. The van der Waals surface area contributed by atoms with Crippen LogP contribution in [0.2, 0.25) is 0 Å². The lowest BCUT2D eigenvalue weighted by molar-refractivity contribution is -0.119. The molecule has 0 spiro atoms. The highest BCUT2D eigenvalue weighted by Gasteiger charge is 2.23. The van der Waals surface area contributed by atoms with Crippen LogP contribution in [0.15, 0.2) is 18.3 Å². The average molecular weight is 290 g/mol. The number of rotatable bonds is 8. The second-order valence-electron chi connectivity index (χ2n) is 5.79. The van der Waals surface area contributed by atoms with Crippen molar-refractivity contribution in [3.05, 3.63) is 23.9 Å². The van der Waals surface area contributed by atoms with Crippen molar-refractivity contribution in [3.63, 3.8) is 0 Å². The number of pyridine rings is 1. The van der Waals surface area contributed by atoms with Crippen LogP contribution in [0.3, 0.4) is 0 Å². The van der Waals surface area contributed by atoms with Crippen LogP contribution in [0.25, 0.3) is 0 Å². The van der Waals surface area contributed by atoms with Gasteiger partial charge in [-0.1, -0.05) is 19.8 Å². The summed E-state index contributed by atoms with van der Waals surface area (Å²) in [6.45, 7) is 4.15. The lowest BCUT2D eigenvalue weighted by atomic mass is 10.1. The van der Waals surface area contributed by atoms with E-state index in [-0.39, 0.29) is 5.91 Å². The molecule has 0 saturated heterocycles. The number of aromatic nitrogens is 1. The van der Waals surface area contributed by atoms with Crippen molar-refractivity contribution in [1.82, 2.24) is 9.88 Å². The molecule has 0 aromatic carbocycles. The summed E-state index contributed by atoms with van der Waals surface area (Å²) in [6.07, 6.45) is 7.73. The van der Waals surface area contributed by atoms with E-state index in [4.69, 9.17) is 5.73 Å². The lowest BCUT2D eigenvalue weighted by Crippen LogP contribution is -2.39. The van der Waals surface area contributed by atoms with E-state index in [0.29, 0.717) is 12.6 Å². The minimum atomic E-state index is -0.250. The van der Waals surface area contributed by atoms with Gasteiger partial charge in [-0.3, -0.25) is 9.69 Å². The Balaban J connectivity index is 2.02. The zero-order chi connectivity index (χ0) is 15.1.